The van der Waals surface area contributed by atoms with Crippen LogP contribution in [-0.2, 0) is 4.79 Å². The fourth-order valence-electron chi connectivity index (χ4n) is 2.23. The molecule has 2 N–H and O–H groups in total. The SMILES string of the molecule is O=C(O)C1=NNC2CCCCCC12. The summed E-state index contributed by atoms with van der Waals surface area (Å²) in [5.41, 5.74) is 3.28. The number of nitrogens with zero attached hydrogens (tertiary/aromatic N) is 1. The lowest BCUT2D eigenvalue weighted by molar-refractivity contribution is -0.129. The van der Waals surface area contributed by atoms with E-state index in [0.29, 0.717) is 5.71 Å². The Hall–Kier alpha value is -1.06. The van der Waals surface area contributed by atoms with Gasteiger partial charge in [-0.3, -0.25) is 0 Å². The van der Waals surface area contributed by atoms with Gasteiger partial charge in [0.15, 0.2) is 0 Å². The minimum absolute atomic E-state index is 0.153. The summed E-state index contributed by atoms with van der Waals surface area (Å²) in [7, 11) is 0. The summed E-state index contributed by atoms with van der Waals surface area (Å²) in [5.74, 6) is -0.707. The highest BCUT2D eigenvalue weighted by atomic mass is 16.4. The van der Waals surface area contributed by atoms with Crippen molar-refractivity contribution in [2.24, 2.45) is 11.0 Å². The first kappa shape index (κ1) is 8.53. The standard InChI is InChI=1S/C9H14N2O2/c12-9(13)8-6-4-2-1-3-5-7(6)10-11-8/h6-7,10H,1-5H2,(H,12,13). The molecule has 72 valence electrons. The molecule has 1 aliphatic carbocycles. The zero-order chi connectivity index (χ0) is 9.26. The predicted molar refractivity (Wildman–Crippen MR) is 48.6 cm³/mol. The molecule has 0 aromatic rings. The number of hydrogen-bond donors (Lipinski definition) is 2. The normalized spacial score (nSPS) is 32.8. The molecule has 0 saturated heterocycles. The van der Waals surface area contributed by atoms with Crippen molar-refractivity contribution >= 4 is 11.7 Å². The van der Waals surface area contributed by atoms with Crippen molar-refractivity contribution < 1.29 is 9.90 Å². The predicted octanol–water partition coefficient (Wildman–Crippen LogP) is 0.979. The average Bonchev–Trinajstić information content (AvgIpc) is 2.36. The zero-order valence-corrected chi connectivity index (χ0v) is 7.49. The fraction of sp³-hybridized carbons (Fsp3) is 0.778. The third kappa shape index (κ3) is 1.53. The Bertz CT molecular complexity index is 250. The van der Waals surface area contributed by atoms with Crippen LogP contribution in [0.25, 0.3) is 0 Å². The van der Waals surface area contributed by atoms with Crippen LogP contribution in [0.5, 0.6) is 0 Å². The molecule has 4 heteroatoms. The maximum absolute atomic E-state index is 10.8. The lowest BCUT2D eigenvalue weighted by atomic mass is 9.92. The number of hydrogen-bond acceptors (Lipinski definition) is 3. The van der Waals surface area contributed by atoms with E-state index in [9.17, 15) is 4.79 Å². The summed E-state index contributed by atoms with van der Waals surface area (Å²) < 4.78 is 0. The van der Waals surface area contributed by atoms with E-state index in [1.54, 1.807) is 0 Å². The molecular weight excluding hydrogens is 168 g/mol. The summed E-state index contributed by atoms with van der Waals surface area (Å²) >= 11 is 0. The van der Waals surface area contributed by atoms with E-state index in [1.165, 1.54) is 12.8 Å². The number of carbonyl (C=O) groups is 1. The number of fused-ring (bicyclic) bond motifs is 1. The van der Waals surface area contributed by atoms with Crippen molar-refractivity contribution in [3.8, 4) is 0 Å². The van der Waals surface area contributed by atoms with E-state index >= 15 is 0 Å². The minimum atomic E-state index is -0.859. The Morgan fingerprint density at radius 1 is 1.38 bits per heavy atom. The van der Waals surface area contributed by atoms with Crippen molar-refractivity contribution in [3.63, 3.8) is 0 Å². The van der Waals surface area contributed by atoms with Crippen LogP contribution in [0.4, 0.5) is 0 Å². The van der Waals surface area contributed by atoms with Crippen LogP contribution in [0.3, 0.4) is 0 Å². The molecule has 2 atom stereocenters. The highest BCUT2D eigenvalue weighted by Gasteiger charge is 2.35. The lowest BCUT2D eigenvalue weighted by Gasteiger charge is -2.14. The zero-order valence-electron chi connectivity index (χ0n) is 7.49. The third-order valence-electron chi connectivity index (χ3n) is 2.94. The number of carboxylic acids is 1. The average molecular weight is 182 g/mol. The molecule has 13 heavy (non-hydrogen) atoms. The molecule has 2 aliphatic rings. The van der Waals surface area contributed by atoms with Gasteiger partial charge in [-0.25, -0.2) is 4.79 Å². The van der Waals surface area contributed by atoms with Crippen LogP contribution >= 0.6 is 0 Å². The van der Waals surface area contributed by atoms with Crippen LogP contribution in [-0.4, -0.2) is 22.8 Å². The second kappa shape index (κ2) is 3.36. The second-order valence-corrected chi connectivity index (χ2v) is 3.78. The Morgan fingerprint density at radius 3 is 2.92 bits per heavy atom. The topological polar surface area (TPSA) is 61.7 Å². The van der Waals surface area contributed by atoms with Gasteiger partial charge in [-0.05, 0) is 12.8 Å². The van der Waals surface area contributed by atoms with Gasteiger partial charge in [-0.15, -0.1) is 0 Å². The summed E-state index contributed by atoms with van der Waals surface area (Å²) in [4.78, 5) is 10.8. The Kier molecular flexibility index (Phi) is 2.20. The number of aliphatic carboxylic acids is 1. The maximum atomic E-state index is 10.8. The van der Waals surface area contributed by atoms with Gasteiger partial charge in [-0.2, -0.15) is 5.10 Å². The van der Waals surface area contributed by atoms with E-state index < -0.39 is 5.97 Å². The Labute approximate surface area is 77.0 Å². The summed E-state index contributed by atoms with van der Waals surface area (Å²) in [6, 6.07) is 0.286. The van der Waals surface area contributed by atoms with Gasteiger partial charge in [0, 0.05) is 5.92 Å². The van der Waals surface area contributed by atoms with E-state index in [4.69, 9.17) is 5.11 Å². The van der Waals surface area contributed by atoms with Crippen molar-refractivity contribution in [2.75, 3.05) is 0 Å². The second-order valence-electron chi connectivity index (χ2n) is 3.78. The third-order valence-corrected chi connectivity index (χ3v) is 2.94. The Balaban J connectivity index is 2.12. The van der Waals surface area contributed by atoms with Gasteiger partial charge >= 0.3 is 5.97 Å². The van der Waals surface area contributed by atoms with Crippen LogP contribution in [0, 0.1) is 5.92 Å². The van der Waals surface area contributed by atoms with Crippen molar-refractivity contribution in [1.82, 2.24) is 5.43 Å². The maximum Gasteiger partial charge on any atom is 0.352 e. The van der Waals surface area contributed by atoms with Gasteiger partial charge in [0.25, 0.3) is 0 Å². The lowest BCUT2D eigenvalue weighted by Crippen LogP contribution is -2.30. The van der Waals surface area contributed by atoms with Crippen LogP contribution in [0.15, 0.2) is 5.10 Å². The minimum Gasteiger partial charge on any atom is -0.477 e. The number of carboxylic acid groups (broad SMARTS) is 1. The monoisotopic (exact) mass is 182 g/mol. The molecule has 0 aromatic carbocycles. The van der Waals surface area contributed by atoms with Gasteiger partial charge in [0.1, 0.15) is 5.71 Å². The molecular formula is C9H14N2O2. The number of nitrogens with one attached hydrogen (secondary N) is 1. The first-order valence-corrected chi connectivity index (χ1v) is 4.85. The summed E-state index contributed by atoms with van der Waals surface area (Å²) in [6.07, 6.45) is 5.58. The molecule has 2 rings (SSSR count). The van der Waals surface area contributed by atoms with Crippen molar-refractivity contribution in [1.29, 1.82) is 0 Å². The van der Waals surface area contributed by atoms with Gasteiger partial charge < -0.3 is 10.5 Å². The highest BCUT2D eigenvalue weighted by molar-refractivity contribution is 6.37. The molecule has 0 spiro atoms. The molecule has 0 amide bonds. The van der Waals surface area contributed by atoms with E-state index in [1.807, 2.05) is 0 Å². The first-order valence-electron chi connectivity index (χ1n) is 4.85. The molecule has 1 heterocycles. The molecule has 4 nitrogen and oxygen atoms in total. The molecule has 1 fully saturated rings. The number of hydrazone groups is 1. The first-order chi connectivity index (χ1) is 6.29. The molecule has 2 unspecified atom stereocenters. The van der Waals surface area contributed by atoms with Crippen molar-refractivity contribution in [3.05, 3.63) is 0 Å². The quantitative estimate of drug-likeness (QED) is 0.635. The largest absolute Gasteiger partial charge is 0.477 e. The molecule has 0 aromatic heterocycles. The van der Waals surface area contributed by atoms with Crippen molar-refractivity contribution in [2.45, 2.75) is 38.1 Å². The van der Waals surface area contributed by atoms with Gasteiger partial charge in [0.2, 0.25) is 0 Å². The molecule has 0 radical (unpaired) electrons. The van der Waals surface area contributed by atoms with Crippen LogP contribution in [0.2, 0.25) is 0 Å². The van der Waals surface area contributed by atoms with E-state index in [0.717, 1.165) is 19.3 Å². The van der Waals surface area contributed by atoms with E-state index in [-0.39, 0.29) is 12.0 Å². The highest BCUT2D eigenvalue weighted by Crippen LogP contribution is 2.27. The fourth-order valence-corrected chi connectivity index (χ4v) is 2.23. The molecule has 0 bridgehead atoms. The summed E-state index contributed by atoms with van der Waals surface area (Å²) in [5, 5.41) is 12.8. The van der Waals surface area contributed by atoms with Gasteiger partial charge in [0.05, 0.1) is 6.04 Å². The van der Waals surface area contributed by atoms with Gasteiger partial charge in [-0.1, -0.05) is 19.3 Å². The van der Waals surface area contributed by atoms with E-state index in [2.05, 4.69) is 10.5 Å². The smallest absolute Gasteiger partial charge is 0.352 e. The summed E-state index contributed by atoms with van der Waals surface area (Å²) in [6.45, 7) is 0. The molecule has 1 aliphatic heterocycles. The Morgan fingerprint density at radius 2 is 2.15 bits per heavy atom. The number of rotatable bonds is 1. The molecule has 1 saturated carbocycles. The van der Waals surface area contributed by atoms with Crippen LogP contribution in [0.1, 0.15) is 32.1 Å². The van der Waals surface area contributed by atoms with Crippen LogP contribution < -0.4 is 5.43 Å².